The number of hydrogen-bond donors (Lipinski definition) is 3. The van der Waals surface area contributed by atoms with E-state index in [-0.39, 0.29) is 17.2 Å². The third-order valence-electron chi connectivity index (χ3n) is 4.07. The summed E-state index contributed by atoms with van der Waals surface area (Å²) in [6, 6.07) is 5.14. The van der Waals surface area contributed by atoms with Gasteiger partial charge in [0.1, 0.15) is 11.6 Å². The van der Waals surface area contributed by atoms with E-state index in [0.29, 0.717) is 38.3 Å². The number of hydrogen-bond acceptors (Lipinski definition) is 6. The fourth-order valence-corrected chi connectivity index (χ4v) is 3.86. The third-order valence-corrected chi connectivity index (χ3v) is 4.92. The highest BCUT2D eigenvalue weighted by Gasteiger charge is 2.37. The summed E-state index contributed by atoms with van der Waals surface area (Å²) in [5.41, 5.74) is 8.23. The Balaban J connectivity index is 2.35. The first-order valence-corrected chi connectivity index (χ1v) is 9.00. The quantitative estimate of drug-likeness (QED) is 0.511. The molecule has 0 spiro atoms. The Morgan fingerprint density at radius 1 is 1.35 bits per heavy atom. The zero-order valence-corrected chi connectivity index (χ0v) is 16.4. The van der Waals surface area contributed by atoms with Crippen LogP contribution in [0.2, 0.25) is 10.0 Å². The van der Waals surface area contributed by atoms with E-state index >= 15 is 0 Å². The van der Waals surface area contributed by atoms with Crippen molar-refractivity contribution in [3.8, 4) is 0 Å². The number of allylic oxidation sites excluding steroid dienone is 1. The van der Waals surface area contributed by atoms with Gasteiger partial charge >= 0.3 is 5.97 Å². The largest absolute Gasteiger partial charge is 0.463 e. The lowest BCUT2D eigenvalue weighted by Gasteiger charge is -2.31. The molecule has 1 aliphatic heterocycles. The Morgan fingerprint density at radius 2 is 2.00 bits per heavy atom. The first kappa shape index (κ1) is 18.7. The summed E-state index contributed by atoms with van der Waals surface area (Å²) in [7, 11) is 0. The predicted molar refractivity (Wildman–Crippen MR) is 105 cm³/mol. The number of nitrogen functional groups attached to an aromatic ring is 1. The molecule has 26 heavy (non-hydrogen) atoms. The van der Waals surface area contributed by atoms with E-state index in [1.807, 2.05) is 0 Å². The Bertz CT molecular complexity index is 967. The summed E-state index contributed by atoms with van der Waals surface area (Å²) in [6.07, 6.45) is 0. The van der Waals surface area contributed by atoms with Gasteiger partial charge in [0.2, 0.25) is 0 Å². The summed E-state index contributed by atoms with van der Waals surface area (Å²) in [6.45, 7) is 3.73. The molecule has 1 aromatic heterocycles. The van der Waals surface area contributed by atoms with Crippen molar-refractivity contribution in [2.24, 2.45) is 0 Å². The smallest absolute Gasteiger partial charge is 0.336 e. The van der Waals surface area contributed by atoms with Crippen molar-refractivity contribution >= 4 is 53.0 Å². The van der Waals surface area contributed by atoms with Crippen LogP contribution in [0.4, 0.5) is 11.6 Å². The number of rotatable bonds is 3. The molecule has 0 amide bonds. The third kappa shape index (κ3) is 3.18. The van der Waals surface area contributed by atoms with Gasteiger partial charge in [0, 0.05) is 26.9 Å². The summed E-state index contributed by atoms with van der Waals surface area (Å²) >= 11 is 18.0. The number of ether oxygens (including phenoxy) is 1. The lowest BCUT2D eigenvalue weighted by molar-refractivity contribution is -0.138. The molecule has 0 saturated heterocycles. The maximum atomic E-state index is 12.7. The van der Waals surface area contributed by atoms with Crippen molar-refractivity contribution in [1.82, 2.24) is 9.97 Å². The molecule has 9 heteroatoms. The van der Waals surface area contributed by atoms with E-state index in [0.717, 1.165) is 0 Å². The van der Waals surface area contributed by atoms with E-state index in [2.05, 4.69) is 15.3 Å². The second-order valence-electron chi connectivity index (χ2n) is 5.67. The van der Waals surface area contributed by atoms with Crippen molar-refractivity contribution in [2.75, 3.05) is 17.7 Å². The molecule has 3 rings (SSSR count). The molecular formula is C17H16Cl2N4O2S. The molecule has 136 valence electrons. The van der Waals surface area contributed by atoms with Crippen LogP contribution in [0.5, 0.6) is 0 Å². The standard InChI is InChI=1S/C17H16Cl2N4O2S/c1-3-25-16(24)10-7(2)21-15-13(14(20)22-17(26)23-15)12(10)11-8(18)5-4-6-9(11)19/h4-6,12H,3H2,1-2H3,(H4,20,21,22,23,26). The summed E-state index contributed by atoms with van der Waals surface area (Å²) in [5.74, 6) is -0.391. The molecule has 0 radical (unpaired) electrons. The molecule has 2 heterocycles. The molecule has 1 aromatic carbocycles. The van der Waals surface area contributed by atoms with Crippen LogP contribution in [0.25, 0.3) is 0 Å². The van der Waals surface area contributed by atoms with Crippen LogP contribution >= 0.6 is 35.4 Å². The fourth-order valence-electron chi connectivity index (χ4n) is 3.05. The monoisotopic (exact) mass is 410 g/mol. The van der Waals surface area contributed by atoms with Gasteiger partial charge in [-0.2, -0.15) is 0 Å². The maximum Gasteiger partial charge on any atom is 0.336 e. The number of aromatic amines is 1. The Hall–Kier alpha value is -2.09. The van der Waals surface area contributed by atoms with Crippen molar-refractivity contribution in [1.29, 1.82) is 0 Å². The number of nitrogens with zero attached hydrogens (tertiary/aromatic N) is 1. The fraction of sp³-hybridized carbons (Fsp3) is 0.235. The van der Waals surface area contributed by atoms with E-state index in [4.69, 9.17) is 45.9 Å². The summed E-state index contributed by atoms with van der Waals surface area (Å²) in [5, 5.41) is 3.90. The molecule has 1 unspecified atom stereocenters. The van der Waals surface area contributed by atoms with Gasteiger partial charge in [0.25, 0.3) is 0 Å². The highest BCUT2D eigenvalue weighted by atomic mass is 35.5. The second kappa shape index (κ2) is 7.26. The average Bonchev–Trinajstić information content (AvgIpc) is 2.53. The first-order chi connectivity index (χ1) is 12.3. The molecule has 2 aromatic rings. The molecule has 4 N–H and O–H groups in total. The van der Waals surface area contributed by atoms with Gasteiger partial charge < -0.3 is 20.8 Å². The van der Waals surface area contributed by atoms with Gasteiger partial charge in [-0.25, -0.2) is 9.78 Å². The van der Waals surface area contributed by atoms with Crippen molar-refractivity contribution in [3.63, 3.8) is 0 Å². The molecule has 0 fully saturated rings. The van der Waals surface area contributed by atoms with Gasteiger partial charge in [-0.05, 0) is 38.2 Å². The molecule has 0 aliphatic carbocycles. The number of nitrogens with two attached hydrogens (primary N) is 1. The highest BCUT2D eigenvalue weighted by molar-refractivity contribution is 7.71. The molecule has 1 aliphatic rings. The SMILES string of the molecule is CCOC(=O)C1=C(C)Nc2nc(=S)[nH]c(N)c2C1c1c(Cl)cccc1Cl. The number of benzene rings is 1. The van der Waals surface area contributed by atoms with Gasteiger partial charge in [-0.1, -0.05) is 29.3 Å². The van der Waals surface area contributed by atoms with Crippen LogP contribution in [0.1, 0.15) is 30.9 Å². The van der Waals surface area contributed by atoms with Gasteiger partial charge in [0.05, 0.1) is 18.1 Å². The Labute approximate surface area is 165 Å². The zero-order chi connectivity index (χ0) is 19.0. The maximum absolute atomic E-state index is 12.7. The van der Waals surface area contributed by atoms with E-state index < -0.39 is 11.9 Å². The second-order valence-corrected chi connectivity index (χ2v) is 6.87. The van der Waals surface area contributed by atoms with Crippen LogP contribution in [0.3, 0.4) is 0 Å². The number of aromatic nitrogens is 2. The normalized spacial score (nSPS) is 16.1. The number of carbonyl (C=O) groups is 1. The minimum atomic E-state index is -0.647. The van der Waals surface area contributed by atoms with Gasteiger partial charge in [-0.15, -0.1) is 0 Å². The zero-order valence-electron chi connectivity index (χ0n) is 14.0. The number of nitrogens with one attached hydrogen (secondary N) is 2. The van der Waals surface area contributed by atoms with Gasteiger partial charge in [-0.3, -0.25) is 0 Å². The number of anilines is 2. The minimum absolute atomic E-state index is 0.227. The van der Waals surface area contributed by atoms with Crippen LogP contribution in [0.15, 0.2) is 29.5 Å². The van der Waals surface area contributed by atoms with Crippen LogP contribution in [-0.4, -0.2) is 22.5 Å². The van der Waals surface area contributed by atoms with E-state index in [1.54, 1.807) is 32.0 Å². The number of fused-ring (bicyclic) bond motifs is 1. The highest BCUT2D eigenvalue weighted by Crippen LogP contribution is 2.47. The molecular weight excluding hydrogens is 395 g/mol. The summed E-state index contributed by atoms with van der Waals surface area (Å²) in [4.78, 5) is 19.8. The van der Waals surface area contributed by atoms with Crippen molar-refractivity contribution in [2.45, 2.75) is 19.8 Å². The number of halogens is 2. The topological polar surface area (TPSA) is 93.0 Å². The number of carbonyl (C=O) groups excluding carboxylic acids is 1. The summed E-state index contributed by atoms with van der Waals surface area (Å²) < 4.78 is 5.47. The Kier molecular flexibility index (Phi) is 5.22. The number of esters is 1. The predicted octanol–water partition coefficient (Wildman–Crippen LogP) is 4.42. The van der Waals surface area contributed by atoms with Crippen LogP contribution < -0.4 is 11.1 Å². The molecule has 1 atom stereocenters. The van der Waals surface area contributed by atoms with Gasteiger partial charge in [0.15, 0.2) is 4.77 Å². The average molecular weight is 411 g/mol. The van der Waals surface area contributed by atoms with E-state index in [1.165, 1.54) is 0 Å². The van der Waals surface area contributed by atoms with Crippen molar-refractivity contribution in [3.05, 3.63) is 55.4 Å². The Morgan fingerprint density at radius 3 is 2.62 bits per heavy atom. The molecule has 0 saturated carbocycles. The van der Waals surface area contributed by atoms with Crippen LogP contribution in [0, 0.1) is 4.77 Å². The molecule has 6 nitrogen and oxygen atoms in total. The minimum Gasteiger partial charge on any atom is -0.463 e. The lowest BCUT2D eigenvalue weighted by atomic mass is 9.82. The number of H-pyrrole nitrogens is 1. The van der Waals surface area contributed by atoms with Crippen molar-refractivity contribution < 1.29 is 9.53 Å². The van der Waals surface area contributed by atoms with Crippen LogP contribution in [-0.2, 0) is 9.53 Å². The molecule has 0 bridgehead atoms. The van der Waals surface area contributed by atoms with E-state index in [9.17, 15) is 4.79 Å². The first-order valence-electron chi connectivity index (χ1n) is 7.83. The lowest BCUT2D eigenvalue weighted by Crippen LogP contribution is -2.27.